The summed E-state index contributed by atoms with van der Waals surface area (Å²) in [5.74, 6) is 0. The highest BCUT2D eigenvalue weighted by Crippen LogP contribution is 2.34. The number of nitrogens with one attached hydrogen (secondary N) is 1. The van der Waals surface area contributed by atoms with Crippen molar-refractivity contribution in [2.24, 2.45) is 0 Å². The van der Waals surface area contributed by atoms with Crippen LogP contribution >= 0.6 is 35.6 Å². The molecule has 8 nitrogen and oxygen atoms in total. The van der Waals surface area contributed by atoms with Gasteiger partial charge in [-0.15, -0.1) is 12.4 Å². The summed E-state index contributed by atoms with van der Waals surface area (Å²) >= 11 is 12.6. The molecule has 2 aromatic heterocycles. The summed E-state index contributed by atoms with van der Waals surface area (Å²) in [5, 5.41) is 3.09. The van der Waals surface area contributed by atoms with Crippen LogP contribution in [0.4, 0.5) is 0 Å². The van der Waals surface area contributed by atoms with E-state index in [4.69, 9.17) is 23.2 Å². The minimum atomic E-state index is -3.91. The normalized spacial score (nSPS) is 11.2. The molecule has 0 radical (unpaired) electrons. The Morgan fingerprint density at radius 2 is 0.979 bits per heavy atom. The Bertz CT molecular complexity index is 2210. The van der Waals surface area contributed by atoms with Crippen LogP contribution < -0.4 is 5.32 Å². The first-order chi connectivity index (χ1) is 22.6. The third-order valence-electron chi connectivity index (χ3n) is 7.10. The second-order valence-corrected chi connectivity index (χ2v) is 14.5. The van der Waals surface area contributed by atoms with Crippen molar-refractivity contribution in [1.82, 2.24) is 13.3 Å². The summed E-state index contributed by atoms with van der Waals surface area (Å²) < 4.78 is 54.3. The number of aldehydes is 1. The van der Waals surface area contributed by atoms with Gasteiger partial charge < -0.3 is 5.32 Å². The van der Waals surface area contributed by atoms with Crippen LogP contribution in [0, 0.1) is 0 Å². The average molecular weight is 743 g/mol. The molecule has 0 aliphatic rings. The number of carbonyl (C=O) groups is 1. The predicted octanol–water partition coefficient (Wildman–Crippen LogP) is 8.04. The van der Waals surface area contributed by atoms with Crippen molar-refractivity contribution in [2.75, 3.05) is 7.05 Å². The monoisotopic (exact) mass is 741 g/mol. The van der Waals surface area contributed by atoms with Crippen molar-refractivity contribution >= 4 is 61.9 Å². The van der Waals surface area contributed by atoms with Gasteiger partial charge in [-0.05, 0) is 54.6 Å². The van der Waals surface area contributed by atoms with Crippen LogP contribution in [0.15, 0.2) is 143 Å². The molecule has 4 aromatic carbocycles. The number of nitrogens with zero attached hydrogens (tertiary/aromatic N) is 2. The van der Waals surface area contributed by atoms with Crippen LogP contribution in [0.1, 0.15) is 15.9 Å². The lowest BCUT2D eigenvalue weighted by Crippen LogP contribution is -2.15. The fourth-order valence-electron chi connectivity index (χ4n) is 4.89. The summed E-state index contributed by atoms with van der Waals surface area (Å²) in [6.07, 6.45) is 0.547. The van der Waals surface area contributed by atoms with Gasteiger partial charge in [-0.1, -0.05) is 120 Å². The quantitative estimate of drug-likeness (QED) is 0.150. The van der Waals surface area contributed by atoms with E-state index in [2.05, 4.69) is 5.32 Å². The molecule has 248 valence electrons. The molecule has 0 unspecified atom stereocenters. The second-order valence-electron chi connectivity index (χ2n) is 10.2. The van der Waals surface area contributed by atoms with Crippen LogP contribution in [0.25, 0.3) is 22.5 Å². The zero-order valence-corrected chi connectivity index (χ0v) is 29.4. The molecule has 1 N–H and O–H groups in total. The van der Waals surface area contributed by atoms with Gasteiger partial charge in [0.2, 0.25) is 0 Å². The van der Waals surface area contributed by atoms with E-state index in [0.717, 1.165) is 15.1 Å². The van der Waals surface area contributed by atoms with Crippen LogP contribution in [0.5, 0.6) is 0 Å². The van der Waals surface area contributed by atoms with Gasteiger partial charge in [-0.3, -0.25) is 4.79 Å². The number of aromatic nitrogens is 2. The van der Waals surface area contributed by atoms with Crippen molar-refractivity contribution < 1.29 is 21.6 Å². The highest BCUT2D eigenvalue weighted by Gasteiger charge is 2.27. The maximum Gasteiger partial charge on any atom is 0.269 e. The predicted molar refractivity (Wildman–Crippen MR) is 193 cm³/mol. The minimum absolute atomic E-state index is 0. The van der Waals surface area contributed by atoms with Gasteiger partial charge >= 0.3 is 0 Å². The lowest BCUT2D eigenvalue weighted by Gasteiger charge is -2.12. The smallest absolute Gasteiger partial charge is 0.269 e. The number of benzene rings is 4. The van der Waals surface area contributed by atoms with E-state index in [1.165, 1.54) is 22.2 Å². The summed E-state index contributed by atoms with van der Waals surface area (Å²) in [6, 6.07) is 37.8. The number of rotatable bonds is 9. The molecule has 2 heterocycles. The van der Waals surface area contributed by atoms with E-state index in [9.17, 15) is 21.6 Å². The van der Waals surface area contributed by atoms with E-state index >= 15 is 0 Å². The van der Waals surface area contributed by atoms with Crippen LogP contribution in [0.2, 0.25) is 10.3 Å². The van der Waals surface area contributed by atoms with Crippen molar-refractivity contribution in [3.63, 3.8) is 0 Å². The van der Waals surface area contributed by atoms with Gasteiger partial charge in [-0.2, -0.15) is 0 Å². The fourth-order valence-corrected chi connectivity index (χ4v) is 8.74. The lowest BCUT2D eigenvalue weighted by molar-refractivity contribution is 0.112. The molecule has 0 spiro atoms. The number of hydrogen-bond donors (Lipinski definition) is 1. The van der Waals surface area contributed by atoms with Crippen LogP contribution in [-0.4, -0.2) is 38.1 Å². The first-order valence-corrected chi connectivity index (χ1v) is 17.9. The summed E-state index contributed by atoms with van der Waals surface area (Å²) in [6.45, 7) is 0.482. The van der Waals surface area contributed by atoms with E-state index in [1.54, 1.807) is 79.8 Å². The fraction of sp³-hybridized carbons (Fsp3) is 0.0571. The lowest BCUT2D eigenvalue weighted by atomic mass is 10.1. The molecule has 13 heteroatoms. The third kappa shape index (κ3) is 7.44. The van der Waals surface area contributed by atoms with E-state index < -0.39 is 20.0 Å². The maximum absolute atomic E-state index is 13.1. The molecule has 0 saturated carbocycles. The Kier molecular flexibility index (Phi) is 12.1. The minimum Gasteiger partial charge on any atom is -0.316 e. The van der Waals surface area contributed by atoms with Crippen LogP contribution in [0.3, 0.4) is 0 Å². The Labute approximate surface area is 296 Å². The van der Waals surface area contributed by atoms with Gasteiger partial charge in [0.05, 0.1) is 26.7 Å². The van der Waals surface area contributed by atoms with Crippen LogP contribution in [-0.2, 0) is 26.6 Å². The topological polar surface area (TPSA) is 107 Å². The van der Waals surface area contributed by atoms with E-state index in [1.807, 2.05) is 42.5 Å². The van der Waals surface area contributed by atoms with Gasteiger partial charge in [0.1, 0.15) is 10.3 Å². The molecule has 48 heavy (non-hydrogen) atoms. The van der Waals surface area contributed by atoms with Crippen molar-refractivity contribution in [1.29, 1.82) is 0 Å². The van der Waals surface area contributed by atoms with Gasteiger partial charge in [0, 0.05) is 12.1 Å². The van der Waals surface area contributed by atoms with Gasteiger partial charge in [0.15, 0.2) is 6.29 Å². The standard InChI is InChI=1S/C18H17ClN2O2S.C17H12ClNO3S.ClH/c1-20-13-15-12-17(14-8-4-2-5-9-14)21(18(15)19)24(22,23)16-10-6-3-7-11-16;18-17-14(12-20)11-16(13-7-3-1-4-8-13)19(17)23(21,22)15-9-5-2-6-10-15;/h2-12,20H,13H2,1H3;1-12H;1H. The molecule has 0 aliphatic heterocycles. The zero-order valence-electron chi connectivity index (χ0n) is 25.4. The number of hydrogen-bond acceptors (Lipinski definition) is 6. The Morgan fingerprint density at radius 3 is 1.38 bits per heavy atom. The maximum atomic E-state index is 13.1. The van der Waals surface area contributed by atoms with Gasteiger partial charge in [0.25, 0.3) is 20.0 Å². The summed E-state index contributed by atoms with van der Waals surface area (Å²) in [5.41, 5.74) is 3.21. The first-order valence-electron chi connectivity index (χ1n) is 14.2. The molecule has 0 amide bonds. The van der Waals surface area contributed by atoms with Crippen molar-refractivity contribution in [3.05, 3.63) is 155 Å². The number of halogens is 3. The molecular formula is C35H30Cl3N3O5S2. The Balaban J connectivity index is 0.000000212. The summed E-state index contributed by atoms with van der Waals surface area (Å²) in [4.78, 5) is 11.5. The van der Waals surface area contributed by atoms with Gasteiger partial charge in [-0.25, -0.2) is 24.8 Å². The molecule has 0 atom stereocenters. The molecule has 0 fully saturated rings. The highest BCUT2D eigenvalue weighted by atomic mass is 35.5. The van der Waals surface area contributed by atoms with E-state index in [-0.39, 0.29) is 38.1 Å². The molecule has 6 aromatic rings. The zero-order chi connectivity index (χ0) is 33.6. The van der Waals surface area contributed by atoms with Crippen molar-refractivity contribution in [3.8, 4) is 22.5 Å². The molecule has 0 aliphatic carbocycles. The third-order valence-corrected chi connectivity index (χ3v) is 11.6. The van der Waals surface area contributed by atoms with Crippen molar-refractivity contribution in [2.45, 2.75) is 16.3 Å². The second kappa shape index (κ2) is 15.8. The first kappa shape index (κ1) is 36.7. The molecular weight excluding hydrogens is 713 g/mol. The highest BCUT2D eigenvalue weighted by molar-refractivity contribution is 7.90. The number of carbonyl (C=O) groups excluding carboxylic acids is 1. The summed E-state index contributed by atoms with van der Waals surface area (Å²) in [7, 11) is -5.91. The molecule has 6 rings (SSSR count). The average Bonchev–Trinajstić information content (AvgIpc) is 3.63. The largest absolute Gasteiger partial charge is 0.316 e. The SMILES string of the molecule is CNCc1cc(-c2ccccc2)n(S(=O)(=O)c2ccccc2)c1Cl.Cl.O=Cc1cc(-c2ccccc2)n(S(=O)(=O)c2ccccc2)c1Cl. The Hall–Kier alpha value is -4.16. The molecule has 0 bridgehead atoms. The molecule has 0 saturated heterocycles. The Morgan fingerprint density at radius 1 is 0.604 bits per heavy atom. The van der Waals surface area contributed by atoms with E-state index in [0.29, 0.717) is 29.8 Å².